The highest BCUT2D eigenvalue weighted by molar-refractivity contribution is 5.73. The molecule has 0 amide bonds. The lowest BCUT2D eigenvalue weighted by Gasteiger charge is -2.26. The second-order valence-electron chi connectivity index (χ2n) is 3.36. The summed E-state index contributed by atoms with van der Waals surface area (Å²) in [6.45, 7) is 0. The van der Waals surface area contributed by atoms with Gasteiger partial charge in [0.2, 0.25) is 0 Å². The molecule has 0 fully saturated rings. The molecule has 16 heavy (non-hydrogen) atoms. The minimum Gasteiger partial charge on any atom is -0.480 e. The van der Waals surface area contributed by atoms with Crippen LogP contribution in [0.4, 0.5) is 0 Å². The van der Waals surface area contributed by atoms with Gasteiger partial charge in [-0.1, -0.05) is 30.3 Å². The number of benzene rings is 1. The molecular weight excluding hydrogens is 206 g/mol. The Morgan fingerprint density at radius 2 is 1.88 bits per heavy atom. The first-order valence-corrected chi connectivity index (χ1v) is 5.09. The van der Waals surface area contributed by atoms with E-state index >= 15 is 0 Å². The predicted molar refractivity (Wildman–Crippen MR) is 61.5 cm³/mol. The number of aliphatic carboxylic acids is 1. The Hall–Kier alpha value is -1.43. The maximum atomic E-state index is 11.1. The van der Waals surface area contributed by atoms with Crippen LogP contribution < -0.4 is 10.9 Å². The van der Waals surface area contributed by atoms with Crippen molar-refractivity contribution in [1.82, 2.24) is 16.0 Å². The summed E-state index contributed by atoms with van der Waals surface area (Å²) in [7, 11) is 3.36. The van der Waals surface area contributed by atoms with Crippen LogP contribution in [0.2, 0.25) is 0 Å². The molecule has 0 heterocycles. The van der Waals surface area contributed by atoms with Gasteiger partial charge in [0.05, 0.1) is 0 Å². The number of nitrogens with zero attached hydrogens (tertiary/aromatic N) is 1. The molecule has 5 heteroatoms. The number of hydrogen-bond donors (Lipinski definition) is 3. The summed E-state index contributed by atoms with van der Waals surface area (Å²) >= 11 is 0. The van der Waals surface area contributed by atoms with Gasteiger partial charge in [0, 0.05) is 20.5 Å². The van der Waals surface area contributed by atoms with Crippen LogP contribution in [0.1, 0.15) is 5.56 Å². The molecule has 5 nitrogen and oxygen atoms in total. The SMILES string of the molecule is CNN(NC)[C@@H](Cc1ccccc1)C(=O)O. The Morgan fingerprint density at radius 1 is 1.31 bits per heavy atom. The molecule has 1 rings (SSSR count). The van der Waals surface area contributed by atoms with Crippen LogP contribution in [-0.4, -0.2) is 36.3 Å². The number of nitrogens with one attached hydrogen (secondary N) is 2. The monoisotopic (exact) mass is 223 g/mol. The first-order valence-electron chi connectivity index (χ1n) is 5.09. The molecule has 0 aromatic heterocycles. The second kappa shape index (κ2) is 6.22. The Labute approximate surface area is 95.0 Å². The van der Waals surface area contributed by atoms with Crippen molar-refractivity contribution in [2.45, 2.75) is 12.5 Å². The van der Waals surface area contributed by atoms with Gasteiger partial charge in [0.25, 0.3) is 0 Å². The normalized spacial score (nSPS) is 12.7. The van der Waals surface area contributed by atoms with Crippen LogP contribution in [0.3, 0.4) is 0 Å². The largest absolute Gasteiger partial charge is 0.480 e. The first kappa shape index (κ1) is 12.6. The molecule has 0 saturated carbocycles. The molecule has 3 N–H and O–H groups in total. The van der Waals surface area contributed by atoms with E-state index in [2.05, 4.69) is 10.9 Å². The van der Waals surface area contributed by atoms with E-state index in [0.29, 0.717) is 6.42 Å². The number of hydrazine groups is 2. The Morgan fingerprint density at radius 3 is 2.31 bits per heavy atom. The summed E-state index contributed by atoms with van der Waals surface area (Å²) in [5.41, 5.74) is 6.58. The minimum absolute atomic E-state index is 0.442. The van der Waals surface area contributed by atoms with Crippen LogP contribution in [0, 0.1) is 0 Å². The summed E-state index contributed by atoms with van der Waals surface area (Å²) in [6.07, 6.45) is 0.442. The smallest absolute Gasteiger partial charge is 0.324 e. The highest BCUT2D eigenvalue weighted by Gasteiger charge is 2.24. The van der Waals surface area contributed by atoms with Crippen LogP contribution in [0.25, 0.3) is 0 Å². The predicted octanol–water partition coefficient (Wildman–Crippen LogP) is 0.253. The third-order valence-corrected chi connectivity index (χ3v) is 2.35. The van der Waals surface area contributed by atoms with Gasteiger partial charge in [-0.15, -0.1) is 0 Å². The van der Waals surface area contributed by atoms with E-state index in [0.717, 1.165) is 5.56 Å². The fraction of sp³-hybridized carbons (Fsp3) is 0.364. The molecule has 0 bridgehead atoms. The zero-order chi connectivity index (χ0) is 12.0. The van der Waals surface area contributed by atoms with Crippen LogP contribution >= 0.6 is 0 Å². The van der Waals surface area contributed by atoms with Gasteiger partial charge in [-0.3, -0.25) is 4.79 Å². The molecular formula is C11H17N3O2. The van der Waals surface area contributed by atoms with Gasteiger partial charge in [-0.2, -0.15) is 5.12 Å². The zero-order valence-corrected chi connectivity index (χ0v) is 9.47. The van der Waals surface area contributed by atoms with Crippen LogP contribution in [-0.2, 0) is 11.2 Å². The molecule has 1 aromatic carbocycles. The molecule has 0 saturated heterocycles. The Kier molecular flexibility index (Phi) is 4.91. The highest BCUT2D eigenvalue weighted by atomic mass is 16.4. The van der Waals surface area contributed by atoms with Crippen molar-refractivity contribution < 1.29 is 9.90 Å². The fourth-order valence-electron chi connectivity index (χ4n) is 1.55. The van der Waals surface area contributed by atoms with Gasteiger partial charge in [-0.25, -0.2) is 10.9 Å². The summed E-state index contributed by atoms with van der Waals surface area (Å²) < 4.78 is 0. The zero-order valence-electron chi connectivity index (χ0n) is 9.47. The summed E-state index contributed by atoms with van der Waals surface area (Å²) in [4.78, 5) is 11.1. The van der Waals surface area contributed by atoms with Crippen LogP contribution in [0.5, 0.6) is 0 Å². The summed E-state index contributed by atoms with van der Waals surface area (Å²) in [5.74, 6) is -0.868. The van der Waals surface area contributed by atoms with Crippen molar-refractivity contribution in [3.63, 3.8) is 0 Å². The average Bonchev–Trinajstić information content (AvgIpc) is 2.30. The van der Waals surface area contributed by atoms with Crippen molar-refractivity contribution in [3.8, 4) is 0 Å². The maximum absolute atomic E-state index is 11.1. The Balaban J connectivity index is 2.76. The van der Waals surface area contributed by atoms with Gasteiger partial charge in [0.1, 0.15) is 6.04 Å². The molecule has 1 aromatic rings. The standard InChI is InChI=1S/C11H17N3O2/c1-12-14(13-2)10(11(15)16)8-9-6-4-3-5-7-9/h3-7,10,12-13H,8H2,1-2H3,(H,15,16)/t10-/m0/s1. The van der Waals surface area contributed by atoms with E-state index < -0.39 is 12.0 Å². The second-order valence-corrected chi connectivity index (χ2v) is 3.36. The number of hydrogen-bond acceptors (Lipinski definition) is 4. The van der Waals surface area contributed by atoms with Gasteiger partial charge in [0.15, 0.2) is 0 Å². The van der Waals surface area contributed by atoms with E-state index in [1.54, 1.807) is 14.1 Å². The molecule has 0 unspecified atom stereocenters. The minimum atomic E-state index is -0.868. The third kappa shape index (κ3) is 3.30. The number of carboxylic acid groups (broad SMARTS) is 1. The molecule has 0 aliphatic carbocycles. The number of carboxylic acids is 1. The van der Waals surface area contributed by atoms with Crippen molar-refractivity contribution in [1.29, 1.82) is 0 Å². The lowest BCUT2D eigenvalue weighted by molar-refractivity contribution is -0.146. The highest BCUT2D eigenvalue weighted by Crippen LogP contribution is 2.06. The lowest BCUT2D eigenvalue weighted by atomic mass is 10.1. The summed E-state index contributed by atoms with van der Waals surface area (Å²) in [5, 5.41) is 10.6. The van der Waals surface area contributed by atoms with Crippen molar-refractivity contribution in [2.75, 3.05) is 14.1 Å². The van der Waals surface area contributed by atoms with E-state index in [4.69, 9.17) is 5.11 Å². The van der Waals surface area contributed by atoms with E-state index in [-0.39, 0.29) is 0 Å². The lowest BCUT2D eigenvalue weighted by Crippen LogP contribution is -2.55. The van der Waals surface area contributed by atoms with E-state index in [9.17, 15) is 4.79 Å². The number of rotatable bonds is 6. The van der Waals surface area contributed by atoms with Gasteiger partial charge < -0.3 is 5.11 Å². The van der Waals surface area contributed by atoms with Gasteiger partial charge in [-0.05, 0) is 5.56 Å². The molecule has 0 aliphatic rings. The third-order valence-electron chi connectivity index (χ3n) is 2.35. The van der Waals surface area contributed by atoms with Crippen molar-refractivity contribution in [3.05, 3.63) is 35.9 Å². The Bertz CT molecular complexity index is 325. The molecule has 0 spiro atoms. The molecule has 0 aliphatic heterocycles. The maximum Gasteiger partial charge on any atom is 0.324 e. The number of carbonyl (C=O) groups is 1. The molecule has 1 atom stereocenters. The van der Waals surface area contributed by atoms with E-state index in [1.807, 2.05) is 30.3 Å². The molecule has 0 radical (unpaired) electrons. The first-order chi connectivity index (χ1) is 7.69. The van der Waals surface area contributed by atoms with Gasteiger partial charge >= 0.3 is 5.97 Å². The quantitative estimate of drug-likeness (QED) is 0.603. The fourth-order valence-corrected chi connectivity index (χ4v) is 1.55. The topological polar surface area (TPSA) is 64.6 Å². The average molecular weight is 223 g/mol. The van der Waals surface area contributed by atoms with E-state index in [1.165, 1.54) is 5.12 Å². The van der Waals surface area contributed by atoms with Crippen LogP contribution in [0.15, 0.2) is 30.3 Å². The summed E-state index contributed by atoms with van der Waals surface area (Å²) in [6, 6.07) is 8.90. The molecule has 88 valence electrons. The van der Waals surface area contributed by atoms with Crippen molar-refractivity contribution >= 4 is 5.97 Å². The van der Waals surface area contributed by atoms with Crippen molar-refractivity contribution in [2.24, 2.45) is 0 Å².